The van der Waals surface area contributed by atoms with Crippen molar-refractivity contribution in [3.8, 4) is 0 Å². The Labute approximate surface area is 109 Å². The van der Waals surface area contributed by atoms with Gasteiger partial charge in [-0.2, -0.15) is 0 Å². The lowest BCUT2D eigenvalue weighted by atomic mass is 9.51. The predicted octanol–water partition coefficient (Wildman–Crippen LogP) is 2.36. The molecule has 0 amide bonds. The van der Waals surface area contributed by atoms with E-state index < -0.39 is 5.60 Å². The maximum absolute atomic E-state index is 12.2. The minimum Gasteiger partial charge on any atom is -0.382 e. The number of hydrogen-bond donors (Lipinski definition) is 1. The second-order valence-corrected chi connectivity index (χ2v) is 6.85. The zero-order chi connectivity index (χ0) is 13.7. The monoisotopic (exact) mass is 252 g/mol. The summed E-state index contributed by atoms with van der Waals surface area (Å²) in [6, 6.07) is 0. The molecule has 2 saturated carbocycles. The van der Waals surface area contributed by atoms with E-state index in [0.717, 1.165) is 6.42 Å². The van der Waals surface area contributed by atoms with E-state index in [1.165, 1.54) is 0 Å². The van der Waals surface area contributed by atoms with Gasteiger partial charge in [0.2, 0.25) is 0 Å². The van der Waals surface area contributed by atoms with Crippen LogP contribution in [0.1, 0.15) is 53.4 Å². The summed E-state index contributed by atoms with van der Waals surface area (Å²) in [6.45, 7) is 8.00. The third-order valence-corrected chi connectivity index (χ3v) is 5.61. The maximum Gasteiger partial charge on any atom is 0.165 e. The number of aliphatic hydroxyl groups is 1. The molecule has 18 heavy (non-hydrogen) atoms. The molecule has 0 aliphatic heterocycles. The van der Waals surface area contributed by atoms with E-state index in [1.807, 2.05) is 13.8 Å². The van der Waals surface area contributed by atoms with Gasteiger partial charge < -0.3 is 5.11 Å². The van der Waals surface area contributed by atoms with Gasteiger partial charge in [-0.05, 0) is 30.1 Å². The molecule has 0 spiro atoms. The fourth-order valence-corrected chi connectivity index (χ4v) is 3.79. The number of carbonyl (C=O) groups excluding carboxylic acids is 2. The van der Waals surface area contributed by atoms with Crippen molar-refractivity contribution >= 4 is 11.6 Å². The van der Waals surface area contributed by atoms with Crippen LogP contribution in [0, 0.1) is 23.2 Å². The van der Waals surface area contributed by atoms with Crippen LogP contribution < -0.4 is 0 Å². The summed E-state index contributed by atoms with van der Waals surface area (Å²) in [6.07, 6.45) is 2.14. The highest BCUT2D eigenvalue weighted by Crippen LogP contribution is 2.54. The molecule has 0 aromatic heterocycles. The first-order chi connectivity index (χ1) is 8.21. The average Bonchev–Trinajstić information content (AvgIpc) is 2.28. The van der Waals surface area contributed by atoms with Crippen LogP contribution in [0.25, 0.3) is 0 Å². The lowest BCUT2D eigenvalue weighted by Crippen LogP contribution is -2.59. The molecular weight excluding hydrogens is 228 g/mol. The third-order valence-electron chi connectivity index (χ3n) is 5.61. The summed E-state index contributed by atoms with van der Waals surface area (Å²) in [5, 5.41) is 10.7. The molecule has 0 radical (unpaired) electrons. The zero-order valence-corrected chi connectivity index (χ0v) is 11.8. The van der Waals surface area contributed by atoms with Crippen molar-refractivity contribution in [3.63, 3.8) is 0 Å². The Kier molecular flexibility index (Phi) is 3.17. The second kappa shape index (κ2) is 4.16. The minimum absolute atomic E-state index is 0.0907. The van der Waals surface area contributed by atoms with Gasteiger partial charge in [-0.25, -0.2) is 0 Å². The SMILES string of the molecule is CC(C)[C@]1(O)C[C@@]2(C)[C@H](CC1=O)C(=O)CC[C@@H]2C. The molecule has 0 bridgehead atoms. The van der Waals surface area contributed by atoms with E-state index in [4.69, 9.17) is 0 Å². The van der Waals surface area contributed by atoms with Crippen LogP contribution >= 0.6 is 0 Å². The standard InChI is InChI=1S/C15H24O3/c1-9(2)15(18)8-14(4)10(3)5-6-12(16)11(14)7-13(15)17/h9-11,18H,5-8H2,1-4H3/t10-,11+,14+,15+/m0/s1. The molecule has 2 aliphatic carbocycles. The van der Waals surface area contributed by atoms with Crippen molar-refractivity contribution in [3.05, 3.63) is 0 Å². The number of rotatable bonds is 1. The van der Waals surface area contributed by atoms with Gasteiger partial charge in [0.05, 0.1) is 0 Å². The Morgan fingerprint density at radius 1 is 1.33 bits per heavy atom. The summed E-state index contributed by atoms with van der Waals surface area (Å²) >= 11 is 0. The van der Waals surface area contributed by atoms with Crippen LogP contribution in [0.3, 0.4) is 0 Å². The van der Waals surface area contributed by atoms with Crippen molar-refractivity contribution in [2.75, 3.05) is 0 Å². The molecule has 0 aromatic carbocycles. The highest BCUT2D eigenvalue weighted by molar-refractivity contribution is 5.95. The largest absolute Gasteiger partial charge is 0.382 e. The van der Waals surface area contributed by atoms with Gasteiger partial charge in [-0.1, -0.05) is 27.7 Å². The van der Waals surface area contributed by atoms with Crippen molar-refractivity contribution in [1.82, 2.24) is 0 Å². The summed E-state index contributed by atoms with van der Waals surface area (Å²) in [5.74, 6) is 0.204. The third kappa shape index (κ3) is 1.75. The van der Waals surface area contributed by atoms with Crippen LogP contribution in [-0.4, -0.2) is 22.3 Å². The Bertz CT molecular complexity index is 387. The van der Waals surface area contributed by atoms with E-state index >= 15 is 0 Å². The van der Waals surface area contributed by atoms with Gasteiger partial charge in [0.25, 0.3) is 0 Å². The molecule has 1 N–H and O–H groups in total. The van der Waals surface area contributed by atoms with E-state index in [-0.39, 0.29) is 35.2 Å². The average molecular weight is 252 g/mol. The Balaban J connectivity index is 2.39. The highest BCUT2D eigenvalue weighted by atomic mass is 16.3. The second-order valence-electron chi connectivity index (χ2n) is 6.85. The summed E-state index contributed by atoms with van der Waals surface area (Å²) in [5.41, 5.74) is -1.46. The number of hydrogen-bond acceptors (Lipinski definition) is 3. The van der Waals surface area contributed by atoms with Crippen LogP contribution in [0.4, 0.5) is 0 Å². The quantitative estimate of drug-likeness (QED) is 0.779. The molecule has 102 valence electrons. The number of Topliss-reactive ketones (excluding diaryl/α,β-unsaturated/α-hetero) is 2. The number of carbonyl (C=O) groups is 2. The van der Waals surface area contributed by atoms with Crippen molar-refractivity contribution in [2.24, 2.45) is 23.2 Å². The first-order valence-corrected chi connectivity index (χ1v) is 7.00. The molecule has 4 atom stereocenters. The normalized spacial score (nSPS) is 45.2. The van der Waals surface area contributed by atoms with E-state index in [2.05, 4.69) is 13.8 Å². The summed E-state index contributed by atoms with van der Waals surface area (Å²) < 4.78 is 0. The molecule has 3 nitrogen and oxygen atoms in total. The molecule has 2 aliphatic rings. The zero-order valence-electron chi connectivity index (χ0n) is 11.8. The smallest absolute Gasteiger partial charge is 0.165 e. The van der Waals surface area contributed by atoms with E-state index in [1.54, 1.807) is 0 Å². The van der Waals surface area contributed by atoms with Gasteiger partial charge in [0, 0.05) is 18.8 Å². The van der Waals surface area contributed by atoms with Gasteiger partial charge >= 0.3 is 0 Å². The van der Waals surface area contributed by atoms with Crippen molar-refractivity contribution < 1.29 is 14.7 Å². The highest BCUT2D eigenvalue weighted by Gasteiger charge is 2.58. The molecule has 0 saturated heterocycles. The van der Waals surface area contributed by atoms with Crippen LogP contribution in [0.2, 0.25) is 0 Å². The first kappa shape index (κ1) is 13.7. The lowest BCUT2D eigenvalue weighted by molar-refractivity contribution is -0.170. The number of fused-ring (bicyclic) bond motifs is 1. The topological polar surface area (TPSA) is 54.4 Å². The Morgan fingerprint density at radius 2 is 1.94 bits per heavy atom. The molecule has 2 fully saturated rings. The molecule has 3 heteroatoms. The van der Waals surface area contributed by atoms with Crippen LogP contribution in [0.5, 0.6) is 0 Å². The predicted molar refractivity (Wildman–Crippen MR) is 69.0 cm³/mol. The molecule has 0 heterocycles. The fourth-order valence-electron chi connectivity index (χ4n) is 3.79. The van der Waals surface area contributed by atoms with Crippen molar-refractivity contribution in [2.45, 2.75) is 59.0 Å². The fraction of sp³-hybridized carbons (Fsp3) is 0.867. The van der Waals surface area contributed by atoms with Gasteiger partial charge in [-0.3, -0.25) is 9.59 Å². The van der Waals surface area contributed by atoms with E-state index in [9.17, 15) is 14.7 Å². The maximum atomic E-state index is 12.2. The lowest BCUT2D eigenvalue weighted by Gasteiger charge is -2.53. The van der Waals surface area contributed by atoms with Crippen LogP contribution in [-0.2, 0) is 9.59 Å². The van der Waals surface area contributed by atoms with Gasteiger partial charge in [0.15, 0.2) is 5.78 Å². The molecular formula is C15H24O3. The van der Waals surface area contributed by atoms with Gasteiger partial charge in [0.1, 0.15) is 11.4 Å². The number of ketones is 2. The Hall–Kier alpha value is -0.700. The first-order valence-electron chi connectivity index (χ1n) is 7.00. The molecule has 0 unspecified atom stereocenters. The summed E-state index contributed by atoms with van der Waals surface area (Å²) in [4.78, 5) is 24.3. The summed E-state index contributed by atoms with van der Waals surface area (Å²) in [7, 11) is 0. The Morgan fingerprint density at radius 3 is 2.50 bits per heavy atom. The molecule has 0 aromatic rings. The van der Waals surface area contributed by atoms with E-state index in [0.29, 0.717) is 18.8 Å². The van der Waals surface area contributed by atoms with Crippen LogP contribution in [0.15, 0.2) is 0 Å². The molecule has 2 rings (SSSR count). The van der Waals surface area contributed by atoms with Gasteiger partial charge in [-0.15, -0.1) is 0 Å². The minimum atomic E-state index is -1.24. The van der Waals surface area contributed by atoms with Crippen molar-refractivity contribution in [1.29, 1.82) is 0 Å².